The van der Waals surface area contributed by atoms with E-state index in [4.69, 9.17) is 4.74 Å². The van der Waals surface area contributed by atoms with Gasteiger partial charge in [0.15, 0.2) is 0 Å². The second kappa shape index (κ2) is 6.11. The molecule has 19 heavy (non-hydrogen) atoms. The molecule has 2 rings (SSSR count). The molecule has 0 spiro atoms. The Morgan fingerprint density at radius 1 is 1.37 bits per heavy atom. The smallest absolute Gasteiger partial charge is 0.0656 e. The van der Waals surface area contributed by atoms with Gasteiger partial charge in [-0.25, -0.2) is 0 Å². The van der Waals surface area contributed by atoms with Gasteiger partial charge in [0.25, 0.3) is 0 Å². The van der Waals surface area contributed by atoms with Crippen LogP contribution in [0.5, 0.6) is 0 Å². The van der Waals surface area contributed by atoms with Crippen molar-refractivity contribution in [1.82, 2.24) is 10.2 Å². The van der Waals surface area contributed by atoms with Crippen molar-refractivity contribution in [3.05, 3.63) is 0 Å². The number of likely N-dealkylation sites (tertiary alicyclic amines) is 1. The predicted molar refractivity (Wildman–Crippen MR) is 80.4 cm³/mol. The van der Waals surface area contributed by atoms with E-state index in [0.29, 0.717) is 23.5 Å². The number of rotatable bonds is 6. The highest BCUT2D eigenvalue weighted by Crippen LogP contribution is 2.43. The average molecular weight is 268 g/mol. The van der Waals surface area contributed by atoms with Gasteiger partial charge in [-0.05, 0) is 44.8 Å². The maximum atomic E-state index is 6.03. The molecule has 0 aromatic heterocycles. The molecule has 0 radical (unpaired) electrons. The minimum absolute atomic E-state index is 0.291. The highest BCUT2D eigenvalue weighted by molar-refractivity contribution is 5.03. The first kappa shape index (κ1) is 15.3. The zero-order chi connectivity index (χ0) is 14.0. The van der Waals surface area contributed by atoms with Crippen LogP contribution in [0.4, 0.5) is 0 Å². The third-order valence-electron chi connectivity index (χ3n) is 4.95. The topological polar surface area (TPSA) is 24.5 Å². The fourth-order valence-corrected chi connectivity index (χ4v) is 3.33. The Bertz CT molecular complexity index is 290. The molecule has 2 aliphatic rings. The summed E-state index contributed by atoms with van der Waals surface area (Å²) in [7, 11) is 2.23. The summed E-state index contributed by atoms with van der Waals surface area (Å²) >= 11 is 0. The lowest BCUT2D eigenvalue weighted by atomic mass is 9.64. The van der Waals surface area contributed by atoms with Crippen LogP contribution in [0.15, 0.2) is 0 Å². The van der Waals surface area contributed by atoms with Crippen LogP contribution in [0.3, 0.4) is 0 Å². The molecule has 1 N–H and O–H groups in total. The summed E-state index contributed by atoms with van der Waals surface area (Å²) in [6, 6.07) is 0.635. The molecule has 3 nitrogen and oxygen atoms in total. The maximum Gasteiger partial charge on any atom is 0.0656 e. The van der Waals surface area contributed by atoms with Crippen LogP contribution >= 0.6 is 0 Å². The van der Waals surface area contributed by atoms with E-state index < -0.39 is 0 Å². The van der Waals surface area contributed by atoms with E-state index in [1.807, 2.05) is 0 Å². The number of ether oxygens (including phenoxy) is 1. The van der Waals surface area contributed by atoms with Gasteiger partial charge in [-0.15, -0.1) is 0 Å². The van der Waals surface area contributed by atoms with Gasteiger partial charge < -0.3 is 15.0 Å². The van der Waals surface area contributed by atoms with Gasteiger partial charge in [-0.1, -0.05) is 27.7 Å². The largest absolute Gasteiger partial charge is 0.377 e. The third kappa shape index (κ3) is 3.71. The summed E-state index contributed by atoms with van der Waals surface area (Å²) in [6.45, 7) is 13.7. The van der Waals surface area contributed by atoms with Crippen LogP contribution in [0.25, 0.3) is 0 Å². The van der Waals surface area contributed by atoms with Crippen molar-refractivity contribution >= 4 is 0 Å². The second-order valence-corrected chi connectivity index (χ2v) is 7.65. The van der Waals surface area contributed by atoms with Gasteiger partial charge >= 0.3 is 0 Å². The van der Waals surface area contributed by atoms with E-state index in [2.05, 4.69) is 45.0 Å². The van der Waals surface area contributed by atoms with E-state index in [1.165, 1.54) is 32.5 Å². The molecular weight excluding hydrogens is 236 g/mol. The molecule has 112 valence electrons. The molecule has 0 aromatic carbocycles. The first-order valence-electron chi connectivity index (χ1n) is 7.93. The van der Waals surface area contributed by atoms with E-state index in [1.54, 1.807) is 0 Å². The average Bonchev–Trinajstić information content (AvgIpc) is 2.72. The Morgan fingerprint density at radius 3 is 2.63 bits per heavy atom. The van der Waals surface area contributed by atoms with Gasteiger partial charge in [-0.2, -0.15) is 0 Å². The Morgan fingerprint density at radius 2 is 2.11 bits per heavy atom. The van der Waals surface area contributed by atoms with Crippen molar-refractivity contribution in [2.75, 3.05) is 33.3 Å². The van der Waals surface area contributed by atoms with Gasteiger partial charge in [0.05, 0.1) is 6.10 Å². The molecule has 3 heteroatoms. The van der Waals surface area contributed by atoms with Crippen molar-refractivity contribution < 1.29 is 4.74 Å². The highest BCUT2D eigenvalue weighted by Gasteiger charge is 2.48. The molecule has 3 atom stereocenters. The maximum absolute atomic E-state index is 6.03. The molecular formula is C16H32N2O. The molecule has 1 aliphatic heterocycles. The Hall–Kier alpha value is -0.120. The zero-order valence-corrected chi connectivity index (χ0v) is 13.4. The molecule has 1 aliphatic carbocycles. The standard InChI is InChI=1S/C16H32N2O/c1-12(2)11-19-15-8-14(16(15,3)4)17-9-13-6-7-18(5)10-13/h12-15,17H,6-11H2,1-5H3. The summed E-state index contributed by atoms with van der Waals surface area (Å²) < 4.78 is 6.03. The molecule has 0 aromatic rings. The van der Waals surface area contributed by atoms with Crippen LogP contribution in [-0.4, -0.2) is 50.3 Å². The van der Waals surface area contributed by atoms with Crippen molar-refractivity contribution in [2.24, 2.45) is 17.3 Å². The first-order chi connectivity index (χ1) is 8.89. The lowest BCUT2D eigenvalue weighted by molar-refractivity contribution is -0.124. The molecule has 1 saturated heterocycles. The fourth-order valence-electron chi connectivity index (χ4n) is 3.33. The van der Waals surface area contributed by atoms with Crippen LogP contribution < -0.4 is 5.32 Å². The van der Waals surface area contributed by atoms with E-state index >= 15 is 0 Å². The minimum atomic E-state index is 0.291. The van der Waals surface area contributed by atoms with Gasteiger partial charge in [-0.3, -0.25) is 0 Å². The van der Waals surface area contributed by atoms with E-state index in [9.17, 15) is 0 Å². The molecule has 2 fully saturated rings. The van der Waals surface area contributed by atoms with Crippen molar-refractivity contribution in [1.29, 1.82) is 0 Å². The molecule has 0 amide bonds. The number of hydrogen-bond acceptors (Lipinski definition) is 3. The van der Waals surface area contributed by atoms with Crippen molar-refractivity contribution in [2.45, 2.75) is 52.7 Å². The lowest BCUT2D eigenvalue weighted by Crippen LogP contribution is -2.61. The Labute approximate surface area is 119 Å². The van der Waals surface area contributed by atoms with Crippen LogP contribution in [0.2, 0.25) is 0 Å². The number of hydrogen-bond donors (Lipinski definition) is 1. The lowest BCUT2D eigenvalue weighted by Gasteiger charge is -2.52. The van der Waals surface area contributed by atoms with Gasteiger partial charge in [0.1, 0.15) is 0 Å². The molecule has 0 bridgehead atoms. The quantitative estimate of drug-likeness (QED) is 0.800. The normalized spacial score (nSPS) is 34.7. The monoisotopic (exact) mass is 268 g/mol. The summed E-state index contributed by atoms with van der Waals surface area (Å²) in [5.41, 5.74) is 0.291. The van der Waals surface area contributed by atoms with Crippen LogP contribution in [-0.2, 0) is 4.74 Å². The second-order valence-electron chi connectivity index (χ2n) is 7.65. The summed E-state index contributed by atoms with van der Waals surface area (Å²) in [5.74, 6) is 1.48. The van der Waals surface area contributed by atoms with E-state index in [-0.39, 0.29) is 0 Å². The SMILES string of the molecule is CC(C)COC1CC(NCC2CCN(C)C2)C1(C)C. The summed E-state index contributed by atoms with van der Waals surface area (Å²) in [6.07, 6.45) is 2.98. The Balaban J connectivity index is 1.69. The molecule has 3 unspecified atom stereocenters. The van der Waals surface area contributed by atoms with Crippen LogP contribution in [0.1, 0.15) is 40.5 Å². The first-order valence-corrected chi connectivity index (χ1v) is 7.93. The fraction of sp³-hybridized carbons (Fsp3) is 1.00. The predicted octanol–water partition coefficient (Wildman–Crippen LogP) is 2.37. The van der Waals surface area contributed by atoms with Crippen LogP contribution in [0, 0.1) is 17.3 Å². The van der Waals surface area contributed by atoms with Gasteiger partial charge in [0.2, 0.25) is 0 Å². The molecule has 1 saturated carbocycles. The molecule has 1 heterocycles. The number of nitrogens with one attached hydrogen (secondary N) is 1. The summed E-state index contributed by atoms with van der Waals surface area (Å²) in [4.78, 5) is 2.44. The zero-order valence-electron chi connectivity index (χ0n) is 13.4. The Kier molecular flexibility index (Phi) is 4.91. The minimum Gasteiger partial charge on any atom is -0.377 e. The van der Waals surface area contributed by atoms with Crippen molar-refractivity contribution in [3.63, 3.8) is 0 Å². The summed E-state index contributed by atoms with van der Waals surface area (Å²) in [5, 5.41) is 3.78. The highest BCUT2D eigenvalue weighted by atomic mass is 16.5. The van der Waals surface area contributed by atoms with Gasteiger partial charge in [0, 0.05) is 24.6 Å². The van der Waals surface area contributed by atoms with Crippen molar-refractivity contribution in [3.8, 4) is 0 Å². The van der Waals surface area contributed by atoms with E-state index in [0.717, 1.165) is 12.5 Å². The third-order valence-corrected chi connectivity index (χ3v) is 4.95. The number of nitrogens with zero attached hydrogens (tertiary/aromatic N) is 1.